The van der Waals surface area contributed by atoms with Crippen LogP contribution >= 0.6 is 11.3 Å². The summed E-state index contributed by atoms with van der Waals surface area (Å²) in [5, 5.41) is 10.2. The largest absolute Gasteiger partial charge is 0.289 e. The molecule has 5 nitrogen and oxygen atoms in total. The Balaban J connectivity index is 2.10. The number of carbonyl (C=O) groups is 1. The molecule has 20 heavy (non-hydrogen) atoms. The fourth-order valence-corrected chi connectivity index (χ4v) is 4.15. The van der Waals surface area contributed by atoms with Crippen LogP contribution in [0.5, 0.6) is 0 Å². The molecule has 1 aromatic carbocycles. The number of sulfone groups is 1. The van der Waals surface area contributed by atoms with Crippen molar-refractivity contribution in [3.05, 3.63) is 52.9 Å². The number of benzene rings is 1. The van der Waals surface area contributed by atoms with Gasteiger partial charge in [0.15, 0.2) is 9.84 Å². The predicted octanol–water partition coefficient (Wildman–Crippen LogP) is 1.77. The van der Waals surface area contributed by atoms with Crippen molar-refractivity contribution in [1.29, 1.82) is 0 Å². The van der Waals surface area contributed by atoms with Gasteiger partial charge in [-0.25, -0.2) is 13.9 Å². The van der Waals surface area contributed by atoms with Crippen LogP contribution in [0, 0.1) is 0 Å². The zero-order valence-corrected chi connectivity index (χ0v) is 12.1. The Kier molecular flexibility index (Phi) is 4.53. The van der Waals surface area contributed by atoms with Gasteiger partial charge in [-0.3, -0.25) is 10.0 Å². The molecule has 2 aromatic rings. The highest BCUT2D eigenvalue weighted by Crippen LogP contribution is 2.21. The summed E-state index contributed by atoms with van der Waals surface area (Å²) in [7, 11) is -3.31. The maximum atomic E-state index is 12.1. The van der Waals surface area contributed by atoms with Gasteiger partial charge in [-0.05, 0) is 22.6 Å². The third-order valence-corrected chi connectivity index (χ3v) is 5.85. The molecular formula is C13H13NO4S2. The Labute approximate surface area is 120 Å². The number of carbonyl (C=O) groups excluding carboxylic acids is 1. The van der Waals surface area contributed by atoms with Gasteiger partial charge in [-0.15, -0.1) is 11.3 Å². The first kappa shape index (κ1) is 14.7. The highest BCUT2D eigenvalue weighted by Gasteiger charge is 2.16. The fourth-order valence-electron chi connectivity index (χ4n) is 1.71. The molecule has 2 rings (SSSR count). The number of hydrogen-bond acceptors (Lipinski definition) is 5. The standard InChI is InChI=1S/C13H13NO4S2/c15-12(14-16)8-10-3-5-11(6-4-10)9-20(17,18)13-2-1-7-19-13/h1-7,16H,8-9H2,(H,14,15). The summed E-state index contributed by atoms with van der Waals surface area (Å²) in [5.41, 5.74) is 2.91. The monoisotopic (exact) mass is 311 g/mol. The lowest BCUT2D eigenvalue weighted by Crippen LogP contribution is -2.20. The molecule has 0 fully saturated rings. The zero-order chi connectivity index (χ0) is 14.6. The number of hydrogen-bond donors (Lipinski definition) is 2. The van der Waals surface area contributed by atoms with E-state index in [1.165, 1.54) is 11.3 Å². The topological polar surface area (TPSA) is 83.5 Å². The van der Waals surface area contributed by atoms with Crippen LogP contribution < -0.4 is 5.48 Å². The minimum atomic E-state index is -3.31. The average molecular weight is 311 g/mol. The third-order valence-electron chi connectivity index (χ3n) is 2.67. The molecule has 0 aliphatic heterocycles. The quantitative estimate of drug-likeness (QED) is 0.651. The molecule has 2 N–H and O–H groups in total. The fraction of sp³-hybridized carbons (Fsp3) is 0.154. The van der Waals surface area contributed by atoms with E-state index < -0.39 is 15.7 Å². The van der Waals surface area contributed by atoms with E-state index in [1.807, 2.05) is 0 Å². The van der Waals surface area contributed by atoms with E-state index in [2.05, 4.69) is 0 Å². The molecule has 1 heterocycles. The van der Waals surface area contributed by atoms with Gasteiger partial charge in [-0.1, -0.05) is 30.3 Å². The molecular weight excluding hydrogens is 298 g/mol. The molecule has 0 radical (unpaired) electrons. The number of rotatable bonds is 5. The van der Waals surface area contributed by atoms with Crippen molar-refractivity contribution in [2.24, 2.45) is 0 Å². The lowest BCUT2D eigenvalue weighted by atomic mass is 10.1. The maximum absolute atomic E-state index is 12.1. The van der Waals surface area contributed by atoms with Gasteiger partial charge in [0.2, 0.25) is 5.91 Å². The number of thiophene rings is 1. The third kappa shape index (κ3) is 3.66. The van der Waals surface area contributed by atoms with Crippen molar-refractivity contribution in [2.75, 3.05) is 0 Å². The first-order valence-corrected chi connectivity index (χ1v) is 8.31. The van der Waals surface area contributed by atoms with Gasteiger partial charge < -0.3 is 0 Å². The Morgan fingerprint density at radius 1 is 1.15 bits per heavy atom. The van der Waals surface area contributed by atoms with Crippen LogP contribution in [-0.4, -0.2) is 19.5 Å². The van der Waals surface area contributed by atoms with E-state index in [-0.39, 0.29) is 12.2 Å². The molecule has 0 bridgehead atoms. The molecule has 0 saturated heterocycles. The van der Waals surface area contributed by atoms with E-state index in [0.29, 0.717) is 15.3 Å². The van der Waals surface area contributed by atoms with Crippen LogP contribution in [0.15, 0.2) is 46.0 Å². The summed E-state index contributed by atoms with van der Waals surface area (Å²) < 4.78 is 24.5. The Morgan fingerprint density at radius 2 is 1.80 bits per heavy atom. The van der Waals surface area contributed by atoms with Gasteiger partial charge >= 0.3 is 0 Å². The zero-order valence-electron chi connectivity index (χ0n) is 10.4. The van der Waals surface area contributed by atoms with E-state index in [9.17, 15) is 13.2 Å². The van der Waals surface area contributed by atoms with Crippen molar-refractivity contribution in [1.82, 2.24) is 5.48 Å². The summed E-state index contributed by atoms with van der Waals surface area (Å²) >= 11 is 1.19. The van der Waals surface area contributed by atoms with E-state index in [4.69, 9.17) is 5.21 Å². The molecule has 1 amide bonds. The Hall–Kier alpha value is -1.70. The molecule has 0 atom stereocenters. The molecule has 0 unspecified atom stereocenters. The number of nitrogens with one attached hydrogen (secondary N) is 1. The van der Waals surface area contributed by atoms with Crippen molar-refractivity contribution in [3.63, 3.8) is 0 Å². The summed E-state index contributed by atoms with van der Waals surface area (Å²) in [6.45, 7) is 0. The summed E-state index contributed by atoms with van der Waals surface area (Å²) in [6, 6.07) is 9.98. The second kappa shape index (κ2) is 6.17. The summed E-state index contributed by atoms with van der Waals surface area (Å²) in [5.74, 6) is -0.580. The van der Waals surface area contributed by atoms with Crippen molar-refractivity contribution < 1.29 is 18.4 Å². The predicted molar refractivity (Wildman–Crippen MR) is 75.3 cm³/mol. The molecule has 0 aliphatic carbocycles. The van der Waals surface area contributed by atoms with Gasteiger partial charge in [-0.2, -0.15) is 0 Å². The lowest BCUT2D eigenvalue weighted by molar-refractivity contribution is -0.128. The minimum absolute atomic E-state index is 0.0501. The van der Waals surface area contributed by atoms with Crippen LogP contribution in [0.2, 0.25) is 0 Å². The SMILES string of the molecule is O=C(Cc1ccc(CS(=O)(=O)c2cccs2)cc1)NO. The minimum Gasteiger partial charge on any atom is -0.289 e. The maximum Gasteiger partial charge on any atom is 0.247 e. The molecule has 106 valence electrons. The number of hydroxylamine groups is 1. The molecule has 7 heteroatoms. The average Bonchev–Trinajstić information content (AvgIpc) is 2.95. The highest BCUT2D eigenvalue weighted by atomic mass is 32.2. The van der Waals surface area contributed by atoms with Gasteiger partial charge in [0.25, 0.3) is 0 Å². The molecule has 0 aliphatic rings. The van der Waals surface area contributed by atoms with Gasteiger partial charge in [0.05, 0.1) is 12.2 Å². The smallest absolute Gasteiger partial charge is 0.247 e. The van der Waals surface area contributed by atoms with Crippen molar-refractivity contribution in [3.8, 4) is 0 Å². The number of amides is 1. The van der Waals surface area contributed by atoms with Crippen LogP contribution in [0.4, 0.5) is 0 Å². The van der Waals surface area contributed by atoms with Gasteiger partial charge in [0.1, 0.15) is 4.21 Å². The highest BCUT2D eigenvalue weighted by molar-refractivity contribution is 7.92. The van der Waals surface area contributed by atoms with Gasteiger partial charge in [0, 0.05) is 0 Å². The first-order chi connectivity index (χ1) is 9.51. The van der Waals surface area contributed by atoms with Crippen LogP contribution in [0.3, 0.4) is 0 Å². The Morgan fingerprint density at radius 3 is 2.35 bits per heavy atom. The summed E-state index contributed by atoms with van der Waals surface area (Å²) in [4.78, 5) is 11.0. The molecule has 1 aromatic heterocycles. The van der Waals surface area contributed by atoms with Crippen LogP contribution in [-0.2, 0) is 26.8 Å². The van der Waals surface area contributed by atoms with E-state index >= 15 is 0 Å². The lowest BCUT2D eigenvalue weighted by Gasteiger charge is -2.04. The first-order valence-electron chi connectivity index (χ1n) is 5.78. The molecule has 0 spiro atoms. The summed E-state index contributed by atoms with van der Waals surface area (Å²) in [6.07, 6.45) is 0.0501. The second-order valence-electron chi connectivity index (χ2n) is 4.22. The van der Waals surface area contributed by atoms with E-state index in [1.54, 1.807) is 47.3 Å². The Bertz CT molecular complexity index is 676. The van der Waals surface area contributed by atoms with Crippen molar-refractivity contribution >= 4 is 27.1 Å². The molecule has 0 saturated carbocycles. The van der Waals surface area contributed by atoms with E-state index in [0.717, 1.165) is 0 Å². The second-order valence-corrected chi connectivity index (χ2v) is 7.38. The normalized spacial score (nSPS) is 11.2. The van der Waals surface area contributed by atoms with Crippen LogP contribution in [0.25, 0.3) is 0 Å². The van der Waals surface area contributed by atoms with Crippen LogP contribution in [0.1, 0.15) is 11.1 Å². The van der Waals surface area contributed by atoms with Crippen molar-refractivity contribution in [2.45, 2.75) is 16.4 Å².